The topological polar surface area (TPSA) is 114 Å². The summed E-state index contributed by atoms with van der Waals surface area (Å²) < 4.78 is 0.773. The maximum absolute atomic E-state index is 13.0. The molecule has 3 aromatic rings. The van der Waals surface area contributed by atoms with Crippen molar-refractivity contribution < 1.29 is 19.6 Å². The third-order valence-corrected chi connectivity index (χ3v) is 5.41. The molecule has 1 fully saturated rings. The van der Waals surface area contributed by atoms with Crippen molar-refractivity contribution in [1.82, 2.24) is 4.98 Å². The lowest BCUT2D eigenvalue weighted by atomic mass is 9.95. The molecule has 0 spiro atoms. The number of carbonyl (C=O) groups excluding carboxylic acids is 2. The van der Waals surface area contributed by atoms with Crippen LogP contribution in [0.2, 0.25) is 0 Å². The van der Waals surface area contributed by atoms with Crippen molar-refractivity contribution in [2.24, 2.45) is 0 Å². The number of hydrogen-bond acceptors (Lipinski definition) is 6. The molecule has 1 aliphatic rings. The molecule has 2 aromatic carbocycles. The Morgan fingerprint density at radius 1 is 1.10 bits per heavy atom. The summed E-state index contributed by atoms with van der Waals surface area (Å²) in [6, 6.07) is 14.4. The molecule has 0 saturated carbocycles. The summed E-state index contributed by atoms with van der Waals surface area (Å²) in [5, 5.41) is 22.3. The third-order valence-electron chi connectivity index (χ3n) is 4.88. The van der Waals surface area contributed by atoms with Gasteiger partial charge in [-0.2, -0.15) is 0 Å². The number of pyridine rings is 1. The summed E-state index contributed by atoms with van der Waals surface area (Å²) in [6.07, 6.45) is 2.93. The van der Waals surface area contributed by atoms with Gasteiger partial charge in [-0.1, -0.05) is 40.2 Å². The van der Waals surface area contributed by atoms with Gasteiger partial charge in [0.2, 0.25) is 0 Å². The van der Waals surface area contributed by atoms with Crippen LogP contribution in [0.1, 0.15) is 17.2 Å². The average Bonchev–Trinajstić information content (AvgIpc) is 3.05. The van der Waals surface area contributed by atoms with Gasteiger partial charge in [-0.3, -0.25) is 29.6 Å². The smallest absolute Gasteiger partial charge is 0.300 e. The molecule has 0 bridgehead atoms. The number of aromatic nitrogens is 1. The highest BCUT2D eigenvalue weighted by Crippen LogP contribution is 2.42. The molecule has 0 radical (unpaired) electrons. The van der Waals surface area contributed by atoms with Gasteiger partial charge in [0, 0.05) is 28.4 Å². The lowest BCUT2D eigenvalue weighted by Gasteiger charge is -2.25. The maximum atomic E-state index is 13.0. The van der Waals surface area contributed by atoms with Crippen LogP contribution in [0.15, 0.2) is 83.1 Å². The van der Waals surface area contributed by atoms with E-state index in [1.807, 2.05) is 0 Å². The van der Waals surface area contributed by atoms with Gasteiger partial charge in [0.05, 0.1) is 28.4 Å². The highest BCUT2D eigenvalue weighted by atomic mass is 79.9. The molecule has 1 unspecified atom stereocenters. The second-order valence-corrected chi connectivity index (χ2v) is 7.65. The molecular formula is C22H14BrN3O5. The van der Waals surface area contributed by atoms with Crippen LogP contribution in [0.5, 0.6) is 0 Å². The molecule has 1 atom stereocenters. The number of aliphatic hydroxyl groups excluding tert-OH is 1. The number of halogens is 1. The van der Waals surface area contributed by atoms with Gasteiger partial charge in [0.15, 0.2) is 0 Å². The molecule has 1 aliphatic heterocycles. The van der Waals surface area contributed by atoms with E-state index in [1.165, 1.54) is 35.5 Å². The second-order valence-electron chi connectivity index (χ2n) is 6.74. The van der Waals surface area contributed by atoms with Crippen LogP contribution in [-0.4, -0.2) is 26.7 Å². The number of nitro benzene ring substituents is 1. The molecule has 2 heterocycles. The predicted octanol–water partition coefficient (Wildman–Crippen LogP) is 4.38. The minimum atomic E-state index is -1.06. The van der Waals surface area contributed by atoms with E-state index in [2.05, 4.69) is 20.9 Å². The van der Waals surface area contributed by atoms with Gasteiger partial charge >= 0.3 is 0 Å². The zero-order valence-corrected chi connectivity index (χ0v) is 17.4. The maximum Gasteiger partial charge on any atom is 0.300 e. The number of nitro groups is 1. The first kappa shape index (κ1) is 20.4. The number of amides is 1. The predicted molar refractivity (Wildman–Crippen MR) is 116 cm³/mol. The fourth-order valence-corrected chi connectivity index (χ4v) is 3.75. The van der Waals surface area contributed by atoms with E-state index < -0.39 is 22.7 Å². The van der Waals surface area contributed by atoms with E-state index in [4.69, 9.17) is 0 Å². The van der Waals surface area contributed by atoms with E-state index in [0.717, 1.165) is 4.47 Å². The quantitative estimate of drug-likeness (QED) is 0.195. The summed E-state index contributed by atoms with van der Waals surface area (Å²) in [5.74, 6) is -2.11. The van der Waals surface area contributed by atoms with Crippen molar-refractivity contribution in [3.8, 4) is 0 Å². The zero-order valence-electron chi connectivity index (χ0n) is 15.8. The van der Waals surface area contributed by atoms with Gasteiger partial charge in [-0.05, 0) is 29.8 Å². The molecule has 1 amide bonds. The number of nitrogens with zero attached hydrogens (tertiary/aromatic N) is 3. The highest BCUT2D eigenvalue weighted by Gasteiger charge is 2.47. The Bertz CT molecular complexity index is 1230. The SMILES string of the molecule is O=C1C(=O)N(c2cccnc2)C(c2cccc([N+](=O)[O-])c2)C1=C(O)c1ccc(Br)cc1. The average molecular weight is 480 g/mol. The first-order valence-corrected chi connectivity index (χ1v) is 9.89. The Balaban J connectivity index is 1.96. The Kier molecular flexibility index (Phi) is 5.35. The summed E-state index contributed by atoms with van der Waals surface area (Å²) >= 11 is 3.31. The summed E-state index contributed by atoms with van der Waals surface area (Å²) in [5.41, 5.74) is 0.629. The van der Waals surface area contributed by atoms with Crippen molar-refractivity contribution in [2.45, 2.75) is 6.04 Å². The monoisotopic (exact) mass is 479 g/mol. The van der Waals surface area contributed by atoms with E-state index in [1.54, 1.807) is 42.5 Å². The van der Waals surface area contributed by atoms with Gasteiger partial charge < -0.3 is 5.11 Å². The lowest BCUT2D eigenvalue weighted by molar-refractivity contribution is -0.384. The van der Waals surface area contributed by atoms with E-state index in [9.17, 15) is 24.8 Å². The largest absolute Gasteiger partial charge is 0.507 e. The highest BCUT2D eigenvalue weighted by molar-refractivity contribution is 9.10. The van der Waals surface area contributed by atoms with Crippen LogP contribution >= 0.6 is 15.9 Å². The molecule has 1 aromatic heterocycles. The first-order chi connectivity index (χ1) is 14.9. The standard InChI is InChI=1S/C22H14BrN3O5/c23-15-8-6-13(7-9-15)20(27)18-19(14-3-1-4-16(11-14)26(30)31)25(22(29)21(18)28)17-5-2-10-24-12-17/h1-12,19,27H. The molecule has 31 heavy (non-hydrogen) atoms. The summed E-state index contributed by atoms with van der Waals surface area (Å²) in [6.45, 7) is 0. The number of benzene rings is 2. The van der Waals surface area contributed by atoms with E-state index in [0.29, 0.717) is 16.8 Å². The Morgan fingerprint density at radius 3 is 2.48 bits per heavy atom. The summed E-state index contributed by atoms with van der Waals surface area (Å²) in [4.78, 5) is 41.9. The van der Waals surface area contributed by atoms with Gasteiger partial charge in [0.1, 0.15) is 5.76 Å². The van der Waals surface area contributed by atoms with Crippen molar-refractivity contribution in [3.63, 3.8) is 0 Å². The van der Waals surface area contributed by atoms with Crippen molar-refractivity contribution in [3.05, 3.63) is 104 Å². The minimum Gasteiger partial charge on any atom is -0.507 e. The third kappa shape index (κ3) is 3.71. The number of aliphatic hydroxyl groups is 1. The number of anilines is 1. The van der Waals surface area contributed by atoms with Gasteiger partial charge in [-0.25, -0.2) is 0 Å². The van der Waals surface area contributed by atoms with Crippen molar-refractivity contribution >= 4 is 44.8 Å². The molecular weight excluding hydrogens is 466 g/mol. The van der Waals surface area contributed by atoms with Crippen LogP contribution in [0.25, 0.3) is 5.76 Å². The van der Waals surface area contributed by atoms with Crippen LogP contribution in [0.3, 0.4) is 0 Å². The van der Waals surface area contributed by atoms with E-state index in [-0.39, 0.29) is 17.0 Å². The Hall–Kier alpha value is -3.85. The fraction of sp³-hybridized carbons (Fsp3) is 0.0455. The minimum absolute atomic E-state index is 0.156. The van der Waals surface area contributed by atoms with Crippen LogP contribution in [-0.2, 0) is 9.59 Å². The molecule has 1 N–H and O–H groups in total. The van der Waals surface area contributed by atoms with Crippen LogP contribution in [0.4, 0.5) is 11.4 Å². The Morgan fingerprint density at radius 2 is 1.84 bits per heavy atom. The molecule has 1 saturated heterocycles. The number of rotatable bonds is 4. The fourth-order valence-electron chi connectivity index (χ4n) is 3.48. The van der Waals surface area contributed by atoms with Crippen molar-refractivity contribution in [1.29, 1.82) is 0 Å². The normalized spacial score (nSPS) is 17.7. The molecule has 154 valence electrons. The molecule has 0 aliphatic carbocycles. The molecule has 4 rings (SSSR count). The second kappa shape index (κ2) is 8.11. The lowest BCUT2D eigenvalue weighted by Crippen LogP contribution is -2.29. The Labute approximate surface area is 184 Å². The zero-order chi connectivity index (χ0) is 22.1. The molecule has 9 heteroatoms. The van der Waals surface area contributed by atoms with Gasteiger partial charge in [0.25, 0.3) is 17.4 Å². The first-order valence-electron chi connectivity index (χ1n) is 9.10. The number of hydrogen-bond donors (Lipinski definition) is 1. The number of carbonyl (C=O) groups is 2. The number of non-ortho nitro benzene ring substituents is 1. The number of Topliss-reactive ketones (excluding diaryl/α,β-unsaturated/α-hetero) is 1. The molecule has 8 nitrogen and oxygen atoms in total. The van der Waals surface area contributed by atoms with E-state index >= 15 is 0 Å². The number of ketones is 1. The van der Waals surface area contributed by atoms with Crippen LogP contribution in [0, 0.1) is 10.1 Å². The van der Waals surface area contributed by atoms with Crippen molar-refractivity contribution in [2.75, 3.05) is 4.90 Å². The summed E-state index contributed by atoms with van der Waals surface area (Å²) in [7, 11) is 0. The van der Waals surface area contributed by atoms with Gasteiger partial charge in [-0.15, -0.1) is 0 Å². The van der Waals surface area contributed by atoms with Crippen LogP contribution < -0.4 is 4.90 Å².